The maximum atomic E-state index is 12.6. The van der Waals surface area contributed by atoms with Crippen molar-refractivity contribution in [1.29, 1.82) is 0 Å². The van der Waals surface area contributed by atoms with Crippen molar-refractivity contribution in [2.24, 2.45) is 23.2 Å². The van der Waals surface area contributed by atoms with Crippen LogP contribution in [0, 0.1) is 30.1 Å². The minimum Gasteiger partial charge on any atom is -0.465 e. The minimum absolute atomic E-state index is 0.0423. The van der Waals surface area contributed by atoms with E-state index in [2.05, 4.69) is 5.32 Å². The lowest BCUT2D eigenvalue weighted by atomic mass is 9.49. The van der Waals surface area contributed by atoms with E-state index in [-0.39, 0.29) is 26.8 Å². The van der Waals surface area contributed by atoms with Gasteiger partial charge in [0.2, 0.25) is 0 Å². The summed E-state index contributed by atoms with van der Waals surface area (Å²) in [6.45, 7) is 1.13. The molecule has 0 aromatic carbocycles. The summed E-state index contributed by atoms with van der Waals surface area (Å²) in [6.07, 6.45) is 7.53. The molecular formula is C23H29NO7S. The fourth-order valence-corrected chi connectivity index (χ4v) is 7.54. The van der Waals surface area contributed by atoms with Gasteiger partial charge in [-0.15, -0.1) is 11.3 Å². The highest BCUT2D eigenvalue weighted by atomic mass is 32.1. The van der Waals surface area contributed by atoms with E-state index in [0.717, 1.165) is 48.4 Å². The summed E-state index contributed by atoms with van der Waals surface area (Å²) in [5, 5.41) is 2.74. The summed E-state index contributed by atoms with van der Waals surface area (Å²) in [7, 11) is 2.45. The number of anilines is 1. The number of esters is 3. The van der Waals surface area contributed by atoms with Crippen molar-refractivity contribution in [3.8, 4) is 0 Å². The maximum Gasteiger partial charge on any atom is 0.348 e. The number of carbonyl (C=O) groups is 4. The molecule has 4 saturated carbocycles. The highest BCUT2D eigenvalue weighted by Gasteiger charge is 2.51. The zero-order valence-corrected chi connectivity index (χ0v) is 19.5. The Labute approximate surface area is 191 Å². The van der Waals surface area contributed by atoms with E-state index >= 15 is 0 Å². The van der Waals surface area contributed by atoms with Gasteiger partial charge in [-0.1, -0.05) is 0 Å². The first-order valence-electron chi connectivity index (χ1n) is 11.0. The first-order valence-corrected chi connectivity index (χ1v) is 11.8. The van der Waals surface area contributed by atoms with E-state index in [1.165, 1.54) is 33.5 Å². The molecule has 1 aromatic heterocycles. The van der Waals surface area contributed by atoms with Crippen LogP contribution in [0.3, 0.4) is 0 Å². The van der Waals surface area contributed by atoms with E-state index in [1.807, 2.05) is 0 Å². The molecule has 0 radical (unpaired) electrons. The molecule has 0 saturated heterocycles. The van der Waals surface area contributed by atoms with E-state index in [9.17, 15) is 19.2 Å². The number of amides is 1. The number of carbonyl (C=O) groups excluding carboxylic acids is 4. The number of thiophene rings is 1. The number of ether oxygens (including phenoxy) is 3. The van der Waals surface area contributed by atoms with Crippen molar-refractivity contribution in [2.75, 3.05) is 26.1 Å². The average molecular weight is 464 g/mol. The number of hydrogen-bond donors (Lipinski definition) is 1. The SMILES string of the molecule is COC(=O)c1sc(NC(=O)COC(=O)CC23CC4CC(CC(C4)C2)C3)c(C(=O)OC)c1C. The van der Waals surface area contributed by atoms with Crippen LogP contribution in [0.4, 0.5) is 5.00 Å². The van der Waals surface area contributed by atoms with Crippen molar-refractivity contribution in [3.05, 3.63) is 16.0 Å². The largest absolute Gasteiger partial charge is 0.465 e. The Hall–Kier alpha value is -2.42. The molecule has 5 rings (SSSR count). The molecule has 4 aliphatic carbocycles. The first-order chi connectivity index (χ1) is 15.2. The van der Waals surface area contributed by atoms with Crippen LogP contribution in [-0.4, -0.2) is 44.6 Å². The Morgan fingerprint density at radius 2 is 1.53 bits per heavy atom. The number of rotatable bonds is 7. The van der Waals surface area contributed by atoms with Crippen molar-refractivity contribution in [2.45, 2.75) is 51.9 Å². The molecule has 0 atom stereocenters. The molecule has 4 bridgehead atoms. The molecule has 32 heavy (non-hydrogen) atoms. The van der Waals surface area contributed by atoms with Crippen molar-refractivity contribution >= 4 is 40.2 Å². The molecule has 1 N–H and O–H groups in total. The molecule has 4 aliphatic rings. The van der Waals surface area contributed by atoms with Gasteiger partial charge in [-0.05, 0) is 74.2 Å². The van der Waals surface area contributed by atoms with Gasteiger partial charge in [0, 0.05) is 0 Å². The Morgan fingerprint density at radius 1 is 0.969 bits per heavy atom. The normalized spacial score (nSPS) is 27.7. The molecule has 0 unspecified atom stereocenters. The van der Waals surface area contributed by atoms with Crippen molar-refractivity contribution < 1.29 is 33.4 Å². The van der Waals surface area contributed by atoms with Crippen LogP contribution in [-0.2, 0) is 23.8 Å². The van der Waals surface area contributed by atoms with Gasteiger partial charge in [0.25, 0.3) is 5.91 Å². The first kappa shape index (κ1) is 22.8. The maximum absolute atomic E-state index is 12.6. The van der Waals surface area contributed by atoms with E-state index in [0.29, 0.717) is 12.0 Å². The molecule has 1 heterocycles. The molecule has 1 aromatic rings. The summed E-state index contributed by atoms with van der Waals surface area (Å²) in [5.74, 6) is -0.0109. The van der Waals surface area contributed by atoms with Gasteiger partial charge < -0.3 is 19.5 Å². The zero-order valence-electron chi connectivity index (χ0n) is 18.7. The molecule has 0 spiro atoms. The van der Waals surface area contributed by atoms with Crippen LogP contribution in [0.1, 0.15) is 70.5 Å². The fraction of sp³-hybridized carbons (Fsp3) is 0.652. The number of nitrogens with one attached hydrogen (secondary N) is 1. The van der Waals surface area contributed by atoms with Crippen LogP contribution in [0.25, 0.3) is 0 Å². The quantitative estimate of drug-likeness (QED) is 0.485. The lowest BCUT2D eigenvalue weighted by Crippen LogP contribution is -2.47. The third-order valence-electron chi connectivity index (χ3n) is 7.21. The number of methoxy groups -OCH3 is 2. The third-order valence-corrected chi connectivity index (χ3v) is 8.40. The molecular weight excluding hydrogens is 434 g/mol. The molecule has 4 fully saturated rings. The fourth-order valence-electron chi connectivity index (χ4n) is 6.41. The Balaban J connectivity index is 1.36. The van der Waals surface area contributed by atoms with Gasteiger partial charge in [0.15, 0.2) is 6.61 Å². The monoisotopic (exact) mass is 463 g/mol. The molecule has 1 amide bonds. The molecule has 174 valence electrons. The smallest absolute Gasteiger partial charge is 0.348 e. The second-order valence-corrected chi connectivity index (χ2v) is 10.6. The zero-order chi connectivity index (χ0) is 23.0. The van der Waals surface area contributed by atoms with Gasteiger partial charge in [0.05, 0.1) is 26.2 Å². The van der Waals surface area contributed by atoms with Crippen LogP contribution in [0.5, 0.6) is 0 Å². The van der Waals surface area contributed by atoms with Crippen LogP contribution >= 0.6 is 11.3 Å². The van der Waals surface area contributed by atoms with Crippen LogP contribution < -0.4 is 5.32 Å². The Bertz CT molecular complexity index is 915. The Kier molecular flexibility index (Phi) is 6.29. The summed E-state index contributed by atoms with van der Waals surface area (Å²) < 4.78 is 14.8. The second-order valence-electron chi connectivity index (χ2n) is 9.55. The summed E-state index contributed by atoms with van der Waals surface area (Å²) in [4.78, 5) is 49.3. The van der Waals surface area contributed by atoms with Gasteiger partial charge in [-0.3, -0.25) is 9.59 Å². The Morgan fingerprint density at radius 3 is 2.06 bits per heavy atom. The van der Waals surface area contributed by atoms with Crippen LogP contribution in [0.2, 0.25) is 0 Å². The lowest BCUT2D eigenvalue weighted by Gasteiger charge is -2.56. The standard InChI is InChI=1S/C23H29NO7S/c1-12-18(21(27)29-2)20(32-19(12)22(28)30-3)24-16(25)11-31-17(26)10-23-7-13-4-14(8-23)6-15(5-13)9-23/h13-15H,4-11H2,1-3H3,(H,24,25). The molecule has 9 heteroatoms. The second kappa shape index (κ2) is 8.84. The molecule has 8 nitrogen and oxygen atoms in total. The lowest BCUT2D eigenvalue weighted by molar-refractivity contribution is -0.154. The number of hydrogen-bond acceptors (Lipinski definition) is 8. The third kappa shape index (κ3) is 4.40. The van der Waals surface area contributed by atoms with E-state index < -0.39 is 24.5 Å². The topological polar surface area (TPSA) is 108 Å². The van der Waals surface area contributed by atoms with Gasteiger partial charge in [-0.25, -0.2) is 9.59 Å². The average Bonchev–Trinajstić information content (AvgIpc) is 3.05. The predicted octanol–water partition coefficient (Wildman–Crippen LogP) is 3.72. The summed E-state index contributed by atoms with van der Waals surface area (Å²) in [5.41, 5.74) is 0.495. The predicted molar refractivity (Wildman–Crippen MR) is 117 cm³/mol. The van der Waals surface area contributed by atoms with Gasteiger partial charge in [0.1, 0.15) is 9.88 Å². The van der Waals surface area contributed by atoms with Crippen LogP contribution in [0.15, 0.2) is 0 Å². The van der Waals surface area contributed by atoms with E-state index in [4.69, 9.17) is 14.2 Å². The highest BCUT2D eigenvalue weighted by Crippen LogP contribution is 2.61. The van der Waals surface area contributed by atoms with Crippen molar-refractivity contribution in [3.63, 3.8) is 0 Å². The summed E-state index contributed by atoms with van der Waals surface area (Å²) >= 11 is 0.922. The minimum atomic E-state index is -0.678. The van der Waals surface area contributed by atoms with Crippen molar-refractivity contribution in [1.82, 2.24) is 0 Å². The van der Waals surface area contributed by atoms with Gasteiger partial charge in [-0.2, -0.15) is 0 Å². The highest BCUT2D eigenvalue weighted by molar-refractivity contribution is 7.18. The van der Waals surface area contributed by atoms with E-state index in [1.54, 1.807) is 6.92 Å². The molecule has 0 aliphatic heterocycles. The summed E-state index contributed by atoms with van der Waals surface area (Å²) in [6, 6.07) is 0. The van der Waals surface area contributed by atoms with Gasteiger partial charge >= 0.3 is 17.9 Å².